The number of methoxy groups -OCH3 is 1. The van der Waals surface area contributed by atoms with Crippen LogP contribution in [0.5, 0.6) is 28.7 Å². The lowest BCUT2D eigenvalue weighted by atomic mass is 10.2. The minimum atomic E-state index is -1.11. The average molecular weight is 764 g/mol. The van der Waals surface area contributed by atoms with Crippen LogP contribution in [-0.4, -0.2) is 61.6 Å². The minimum absolute atomic E-state index is 0.0641. The first kappa shape index (κ1) is 39.6. The van der Waals surface area contributed by atoms with Crippen molar-refractivity contribution in [2.24, 2.45) is 0 Å². The molecule has 0 aliphatic rings. The van der Waals surface area contributed by atoms with Crippen LogP contribution in [0.1, 0.15) is 6.92 Å². The number of nitro benzene ring substituents is 1. The molecule has 1 atom stereocenters. The third-order valence-corrected chi connectivity index (χ3v) is 7.66. The van der Waals surface area contributed by atoms with Gasteiger partial charge in [-0.3, -0.25) is 29.3 Å². The molecule has 4 N–H and O–H groups in total. The average Bonchev–Trinajstić information content (AvgIpc) is 3.20. The highest BCUT2D eigenvalue weighted by Crippen LogP contribution is 2.30. The number of nitrogens with zero attached hydrogens (tertiary/aromatic N) is 1. The Morgan fingerprint density at radius 1 is 0.536 bits per heavy atom. The van der Waals surface area contributed by atoms with Crippen molar-refractivity contribution in [2.75, 3.05) is 48.2 Å². The molecule has 5 aromatic carbocycles. The third kappa shape index (κ3) is 11.2. The molecule has 0 aromatic heterocycles. The number of anilines is 4. The first-order chi connectivity index (χ1) is 27.1. The molecule has 0 saturated carbocycles. The molecule has 0 radical (unpaired) electrons. The Morgan fingerprint density at radius 2 is 0.875 bits per heavy atom. The van der Waals surface area contributed by atoms with Crippen LogP contribution >= 0.6 is 0 Å². The van der Waals surface area contributed by atoms with Gasteiger partial charge in [-0.05, 0) is 61.5 Å². The number of carbonyl (C=O) groups is 4. The smallest absolute Gasteiger partial charge is 0.310 e. The normalized spacial score (nSPS) is 10.9. The van der Waals surface area contributed by atoms with E-state index in [-0.39, 0.29) is 46.7 Å². The zero-order chi connectivity index (χ0) is 39.9. The number of ether oxygens (including phenoxy) is 5. The lowest BCUT2D eigenvalue weighted by molar-refractivity contribution is -0.386. The van der Waals surface area contributed by atoms with E-state index >= 15 is 0 Å². The number of para-hydroxylation sites is 10. The fraction of sp³-hybridized carbons (Fsp3) is 0.150. The predicted molar refractivity (Wildman–Crippen MR) is 207 cm³/mol. The second-order valence-corrected chi connectivity index (χ2v) is 11.7. The maximum absolute atomic E-state index is 12.9. The van der Waals surface area contributed by atoms with Crippen LogP contribution in [0, 0.1) is 10.1 Å². The molecule has 16 heteroatoms. The van der Waals surface area contributed by atoms with E-state index in [1.165, 1.54) is 32.2 Å². The fourth-order valence-corrected chi connectivity index (χ4v) is 5.01. The largest absolute Gasteiger partial charge is 0.495 e. The van der Waals surface area contributed by atoms with Gasteiger partial charge in [0.1, 0.15) is 23.0 Å². The van der Waals surface area contributed by atoms with Gasteiger partial charge in [-0.15, -0.1) is 0 Å². The van der Waals surface area contributed by atoms with Gasteiger partial charge >= 0.3 is 5.69 Å². The third-order valence-electron chi connectivity index (χ3n) is 7.66. The number of rotatable bonds is 18. The first-order valence-corrected chi connectivity index (χ1v) is 17.0. The van der Waals surface area contributed by atoms with Gasteiger partial charge < -0.3 is 45.0 Å². The quantitative estimate of drug-likeness (QED) is 0.0596. The van der Waals surface area contributed by atoms with Gasteiger partial charge in [-0.25, -0.2) is 0 Å². The van der Waals surface area contributed by atoms with Crippen LogP contribution in [0.3, 0.4) is 0 Å². The van der Waals surface area contributed by atoms with Gasteiger partial charge in [0.15, 0.2) is 31.7 Å². The van der Waals surface area contributed by atoms with Crippen molar-refractivity contribution in [3.8, 4) is 28.7 Å². The van der Waals surface area contributed by atoms with Crippen LogP contribution in [0.25, 0.3) is 0 Å². The second-order valence-electron chi connectivity index (χ2n) is 11.7. The number of nitrogens with one attached hydrogen (secondary N) is 4. The molecule has 5 rings (SSSR count). The van der Waals surface area contributed by atoms with E-state index in [2.05, 4.69) is 21.3 Å². The monoisotopic (exact) mass is 763 g/mol. The van der Waals surface area contributed by atoms with E-state index in [1.807, 2.05) is 0 Å². The summed E-state index contributed by atoms with van der Waals surface area (Å²) in [4.78, 5) is 62.0. The number of carbonyl (C=O) groups excluding carboxylic acids is 4. The molecule has 56 heavy (non-hydrogen) atoms. The van der Waals surface area contributed by atoms with Crippen molar-refractivity contribution in [3.63, 3.8) is 0 Å². The van der Waals surface area contributed by atoms with E-state index in [0.29, 0.717) is 17.1 Å². The van der Waals surface area contributed by atoms with Crippen LogP contribution in [-0.2, 0) is 19.2 Å². The zero-order valence-corrected chi connectivity index (χ0v) is 30.2. The molecule has 0 aliphatic carbocycles. The molecule has 5 aromatic rings. The van der Waals surface area contributed by atoms with Gasteiger partial charge in [0.25, 0.3) is 23.6 Å². The standard InChI is InChI=1S/C40H37N5O11/c1-26(56-36-22-12-7-17-31(36)45(50)51)40(49)44-30-16-6-11-21-35(30)55-25-39(48)43-29-15-5-10-20-34(29)54-24-38(47)42-28-14-4-9-19-33(28)53-23-37(46)41-27-13-3-8-18-32(27)52-2/h3-22,26H,23-25H2,1-2H3,(H,41,46)(H,42,47)(H,43,48)(H,44,49)/t26-/m1/s1. The highest BCUT2D eigenvalue weighted by molar-refractivity contribution is 5.97. The van der Waals surface area contributed by atoms with Gasteiger partial charge in [-0.2, -0.15) is 0 Å². The van der Waals surface area contributed by atoms with Gasteiger partial charge in [0.05, 0.1) is 34.8 Å². The maximum Gasteiger partial charge on any atom is 0.310 e. The number of amides is 4. The molecule has 4 amide bonds. The van der Waals surface area contributed by atoms with E-state index in [0.717, 1.165) is 0 Å². The number of benzene rings is 5. The maximum atomic E-state index is 12.9. The summed E-state index contributed by atoms with van der Waals surface area (Å²) in [5, 5.41) is 22.1. The summed E-state index contributed by atoms with van der Waals surface area (Å²) in [5.41, 5.74) is 1.01. The molecular formula is C40H37N5O11. The molecular weight excluding hydrogens is 726 g/mol. The number of hydrogen-bond donors (Lipinski definition) is 4. The first-order valence-electron chi connectivity index (χ1n) is 17.0. The van der Waals surface area contributed by atoms with Crippen LogP contribution in [0.2, 0.25) is 0 Å². The molecule has 16 nitrogen and oxygen atoms in total. The molecule has 0 aliphatic heterocycles. The Balaban J connectivity index is 1.11. The second kappa shape index (κ2) is 19.5. The SMILES string of the molecule is COc1ccccc1NC(=O)COc1ccccc1NC(=O)COc1ccccc1NC(=O)COc1ccccc1NC(=O)[C@@H](C)Oc1ccccc1[N+](=O)[O-]. The lowest BCUT2D eigenvalue weighted by Gasteiger charge is -2.17. The van der Waals surface area contributed by atoms with Crippen LogP contribution in [0.15, 0.2) is 121 Å². The van der Waals surface area contributed by atoms with Gasteiger partial charge in [-0.1, -0.05) is 60.7 Å². The lowest BCUT2D eigenvalue weighted by Crippen LogP contribution is -2.30. The summed E-state index contributed by atoms with van der Waals surface area (Å²) >= 11 is 0. The summed E-state index contributed by atoms with van der Waals surface area (Å²) in [5.74, 6) is -1.09. The minimum Gasteiger partial charge on any atom is -0.495 e. The van der Waals surface area contributed by atoms with Crippen molar-refractivity contribution < 1.29 is 47.8 Å². The van der Waals surface area contributed by atoms with Crippen molar-refractivity contribution in [2.45, 2.75) is 13.0 Å². The van der Waals surface area contributed by atoms with Crippen molar-refractivity contribution >= 4 is 52.1 Å². The predicted octanol–water partition coefficient (Wildman–Crippen LogP) is 6.06. The van der Waals surface area contributed by atoms with E-state index < -0.39 is 47.9 Å². The van der Waals surface area contributed by atoms with E-state index in [4.69, 9.17) is 23.7 Å². The molecule has 0 fully saturated rings. The Kier molecular flexibility index (Phi) is 13.8. The summed E-state index contributed by atoms with van der Waals surface area (Å²) in [7, 11) is 1.50. The Bertz CT molecular complexity index is 2200. The number of hydrogen-bond acceptors (Lipinski definition) is 11. The Morgan fingerprint density at radius 3 is 1.29 bits per heavy atom. The van der Waals surface area contributed by atoms with Crippen LogP contribution in [0.4, 0.5) is 28.4 Å². The van der Waals surface area contributed by atoms with Crippen molar-refractivity contribution in [1.29, 1.82) is 0 Å². The molecule has 0 unspecified atom stereocenters. The summed E-state index contributed by atoms with van der Waals surface area (Å²) in [6.07, 6.45) is -1.11. The Labute approximate surface area is 320 Å². The van der Waals surface area contributed by atoms with Crippen molar-refractivity contribution in [1.82, 2.24) is 0 Å². The highest BCUT2D eigenvalue weighted by atomic mass is 16.6. The molecule has 0 saturated heterocycles. The summed E-state index contributed by atoms with van der Waals surface area (Å²) in [6, 6.07) is 32.1. The van der Waals surface area contributed by atoms with E-state index in [9.17, 15) is 29.3 Å². The molecule has 288 valence electrons. The molecule has 0 heterocycles. The molecule has 0 bridgehead atoms. The number of nitro groups is 1. The van der Waals surface area contributed by atoms with Gasteiger partial charge in [0.2, 0.25) is 0 Å². The fourth-order valence-electron chi connectivity index (χ4n) is 5.01. The van der Waals surface area contributed by atoms with Gasteiger partial charge in [0, 0.05) is 6.07 Å². The Hall–Kier alpha value is -7.62. The highest BCUT2D eigenvalue weighted by Gasteiger charge is 2.22. The van der Waals surface area contributed by atoms with E-state index in [1.54, 1.807) is 103 Å². The zero-order valence-electron chi connectivity index (χ0n) is 30.2. The molecule has 0 spiro atoms. The topological polar surface area (TPSA) is 206 Å². The summed E-state index contributed by atoms with van der Waals surface area (Å²) in [6.45, 7) is 0.209. The summed E-state index contributed by atoms with van der Waals surface area (Å²) < 4.78 is 27.9. The van der Waals surface area contributed by atoms with Crippen LogP contribution < -0.4 is 45.0 Å². The van der Waals surface area contributed by atoms with Crippen molar-refractivity contribution in [3.05, 3.63) is 131 Å².